The molecule has 0 bridgehead atoms. The van der Waals surface area contributed by atoms with E-state index in [9.17, 15) is 4.79 Å². The predicted molar refractivity (Wildman–Crippen MR) is 92.1 cm³/mol. The van der Waals surface area contributed by atoms with E-state index >= 15 is 0 Å². The van der Waals surface area contributed by atoms with Crippen molar-refractivity contribution in [3.05, 3.63) is 48.1 Å². The second-order valence-electron chi connectivity index (χ2n) is 6.25. The second kappa shape index (κ2) is 7.49. The largest absolute Gasteiger partial charge is 0.359 e. The van der Waals surface area contributed by atoms with E-state index in [1.54, 1.807) is 18.9 Å². The van der Waals surface area contributed by atoms with Gasteiger partial charge in [-0.1, -0.05) is 11.2 Å². The number of carbonyl (C=O) groups excluding carboxylic acids is 1. The summed E-state index contributed by atoms with van der Waals surface area (Å²) in [7, 11) is 1.76. The molecule has 0 atom stereocenters. The predicted octanol–water partition coefficient (Wildman–Crippen LogP) is 2.24. The highest BCUT2D eigenvalue weighted by Gasteiger charge is 2.16. The summed E-state index contributed by atoms with van der Waals surface area (Å²) in [5.74, 6) is 0.738. The van der Waals surface area contributed by atoms with Gasteiger partial charge in [0.05, 0.1) is 6.54 Å². The third-order valence-corrected chi connectivity index (χ3v) is 4.45. The molecule has 0 aromatic carbocycles. The van der Waals surface area contributed by atoms with Crippen LogP contribution in [-0.4, -0.2) is 52.1 Å². The summed E-state index contributed by atoms with van der Waals surface area (Å²) in [6.07, 6.45) is 7.40. The fourth-order valence-electron chi connectivity index (χ4n) is 2.81. The maximum absolute atomic E-state index is 11.3. The van der Waals surface area contributed by atoms with Crippen molar-refractivity contribution in [2.75, 3.05) is 26.7 Å². The quantitative estimate of drug-likeness (QED) is 0.816. The Balaban J connectivity index is 1.53. The van der Waals surface area contributed by atoms with Gasteiger partial charge in [-0.3, -0.25) is 9.69 Å². The van der Waals surface area contributed by atoms with Crippen molar-refractivity contribution in [1.82, 2.24) is 19.5 Å². The molecule has 3 rings (SSSR count). The molecule has 0 aliphatic carbocycles. The highest BCUT2D eigenvalue weighted by atomic mass is 16.5. The molecule has 24 heavy (non-hydrogen) atoms. The van der Waals surface area contributed by atoms with E-state index in [0.717, 1.165) is 44.1 Å². The molecule has 0 saturated heterocycles. The average molecular weight is 328 g/mol. The van der Waals surface area contributed by atoms with Crippen LogP contribution in [0.4, 0.5) is 0 Å². The highest BCUT2D eigenvalue weighted by molar-refractivity contribution is 5.72. The Labute approximate surface area is 142 Å². The van der Waals surface area contributed by atoms with Crippen molar-refractivity contribution < 1.29 is 9.32 Å². The average Bonchev–Trinajstić information content (AvgIpc) is 3.25. The first kappa shape index (κ1) is 16.5. The van der Waals surface area contributed by atoms with Crippen molar-refractivity contribution >= 4 is 11.5 Å². The minimum absolute atomic E-state index is 0.0168. The molecule has 3 heterocycles. The van der Waals surface area contributed by atoms with Crippen molar-refractivity contribution in [1.29, 1.82) is 0 Å². The van der Waals surface area contributed by atoms with E-state index in [0.29, 0.717) is 6.54 Å². The molecule has 2 aromatic rings. The van der Waals surface area contributed by atoms with Gasteiger partial charge >= 0.3 is 0 Å². The van der Waals surface area contributed by atoms with E-state index < -0.39 is 0 Å². The molecule has 0 spiro atoms. The molecule has 0 unspecified atom stereocenters. The zero-order valence-corrected chi connectivity index (χ0v) is 14.3. The molecule has 1 amide bonds. The number of carbonyl (C=O) groups is 1. The molecule has 6 nitrogen and oxygen atoms in total. The first-order chi connectivity index (χ1) is 11.6. The van der Waals surface area contributed by atoms with Crippen LogP contribution in [0.25, 0.3) is 5.57 Å². The van der Waals surface area contributed by atoms with Gasteiger partial charge in [0, 0.05) is 58.6 Å². The molecule has 0 radical (unpaired) electrons. The molecule has 1 aliphatic rings. The monoisotopic (exact) mass is 328 g/mol. The van der Waals surface area contributed by atoms with E-state index in [1.165, 1.54) is 5.57 Å². The molecular weight excluding hydrogens is 304 g/mol. The summed E-state index contributed by atoms with van der Waals surface area (Å²) in [6.45, 7) is 6.03. The Hall–Kier alpha value is -2.34. The van der Waals surface area contributed by atoms with Crippen LogP contribution in [0.2, 0.25) is 0 Å². The van der Waals surface area contributed by atoms with Gasteiger partial charge in [0.1, 0.15) is 5.69 Å². The summed E-state index contributed by atoms with van der Waals surface area (Å²) in [5.41, 5.74) is 2.12. The lowest BCUT2D eigenvalue weighted by atomic mass is 10.0. The van der Waals surface area contributed by atoms with Crippen molar-refractivity contribution in [2.24, 2.45) is 0 Å². The van der Waals surface area contributed by atoms with Crippen LogP contribution >= 0.6 is 0 Å². The summed E-state index contributed by atoms with van der Waals surface area (Å²) >= 11 is 0. The van der Waals surface area contributed by atoms with Crippen LogP contribution in [0.1, 0.15) is 24.8 Å². The number of hydrogen-bond acceptors (Lipinski definition) is 4. The number of rotatable bonds is 6. The van der Waals surface area contributed by atoms with Gasteiger partial charge < -0.3 is 14.0 Å². The number of amides is 1. The van der Waals surface area contributed by atoms with E-state index in [1.807, 2.05) is 6.07 Å². The van der Waals surface area contributed by atoms with Crippen molar-refractivity contribution in [3.8, 4) is 0 Å². The van der Waals surface area contributed by atoms with Crippen molar-refractivity contribution in [3.63, 3.8) is 0 Å². The lowest BCUT2D eigenvalue weighted by Gasteiger charge is -2.25. The SMILES string of the molecule is CC(=O)N(C)Cc1cc(C2=CCN(CCn3cccc3)CC2)no1. The molecule has 0 N–H and O–H groups in total. The van der Waals surface area contributed by atoms with Gasteiger partial charge in [0.25, 0.3) is 0 Å². The first-order valence-electron chi connectivity index (χ1n) is 8.31. The molecule has 0 saturated carbocycles. The fourth-order valence-corrected chi connectivity index (χ4v) is 2.81. The molecule has 6 heteroatoms. The van der Waals surface area contributed by atoms with E-state index in [2.05, 4.69) is 45.2 Å². The van der Waals surface area contributed by atoms with Crippen LogP contribution in [0.15, 0.2) is 41.2 Å². The summed E-state index contributed by atoms with van der Waals surface area (Å²) in [5, 5.41) is 4.16. The summed E-state index contributed by atoms with van der Waals surface area (Å²) < 4.78 is 7.56. The van der Waals surface area contributed by atoms with Crippen LogP contribution < -0.4 is 0 Å². The van der Waals surface area contributed by atoms with Gasteiger partial charge in [-0.25, -0.2) is 0 Å². The van der Waals surface area contributed by atoms with Gasteiger partial charge in [-0.15, -0.1) is 0 Å². The lowest BCUT2D eigenvalue weighted by molar-refractivity contribution is -0.128. The van der Waals surface area contributed by atoms with Crippen LogP contribution in [-0.2, 0) is 17.9 Å². The van der Waals surface area contributed by atoms with E-state index in [4.69, 9.17) is 4.52 Å². The van der Waals surface area contributed by atoms with Crippen LogP contribution in [0.3, 0.4) is 0 Å². The molecule has 1 aliphatic heterocycles. The zero-order valence-electron chi connectivity index (χ0n) is 14.3. The standard InChI is InChI=1S/C18H24N4O2/c1-15(23)20(2)14-17-13-18(19-24-17)16-5-9-22(10-6-16)12-11-21-7-3-4-8-21/h3-5,7-8,13H,6,9-12,14H2,1-2H3. The Kier molecular flexibility index (Phi) is 5.15. The molecule has 2 aromatic heterocycles. The van der Waals surface area contributed by atoms with Gasteiger partial charge in [0.2, 0.25) is 5.91 Å². The number of hydrogen-bond donors (Lipinski definition) is 0. The maximum Gasteiger partial charge on any atom is 0.219 e. The lowest BCUT2D eigenvalue weighted by Crippen LogP contribution is -2.31. The fraction of sp³-hybridized carbons (Fsp3) is 0.444. The molecule has 0 fully saturated rings. The maximum atomic E-state index is 11.3. The van der Waals surface area contributed by atoms with Crippen molar-refractivity contribution in [2.45, 2.75) is 26.4 Å². The van der Waals surface area contributed by atoms with Crippen LogP contribution in [0, 0.1) is 0 Å². The minimum Gasteiger partial charge on any atom is -0.359 e. The van der Waals surface area contributed by atoms with Crippen LogP contribution in [0.5, 0.6) is 0 Å². The summed E-state index contributed by atoms with van der Waals surface area (Å²) in [6, 6.07) is 6.06. The Bertz CT molecular complexity index is 702. The zero-order chi connectivity index (χ0) is 16.9. The van der Waals surface area contributed by atoms with Gasteiger partial charge in [-0.2, -0.15) is 0 Å². The molecular formula is C18H24N4O2. The summed E-state index contributed by atoms with van der Waals surface area (Å²) in [4.78, 5) is 15.3. The smallest absolute Gasteiger partial charge is 0.219 e. The van der Waals surface area contributed by atoms with Gasteiger partial charge in [-0.05, 0) is 24.1 Å². The third-order valence-electron chi connectivity index (χ3n) is 4.45. The minimum atomic E-state index is 0.0168. The molecule has 128 valence electrons. The topological polar surface area (TPSA) is 54.5 Å². The third kappa shape index (κ3) is 4.14. The normalized spacial score (nSPS) is 15.3. The number of nitrogens with zero attached hydrogens (tertiary/aromatic N) is 4. The Morgan fingerprint density at radius 1 is 1.33 bits per heavy atom. The highest BCUT2D eigenvalue weighted by Crippen LogP contribution is 2.22. The Morgan fingerprint density at radius 2 is 2.12 bits per heavy atom. The first-order valence-corrected chi connectivity index (χ1v) is 8.31. The number of aromatic nitrogens is 2. The van der Waals surface area contributed by atoms with E-state index in [-0.39, 0.29) is 5.91 Å². The Morgan fingerprint density at radius 3 is 2.79 bits per heavy atom. The second-order valence-corrected chi connectivity index (χ2v) is 6.25. The van der Waals surface area contributed by atoms with Gasteiger partial charge in [0.15, 0.2) is 5.76 Å².